The maximum atomic E-state index is 11.6. The molecule has 0 radical (unpaired) electrons. The van der Waals surface area contributed by atoms with Gasteiger partial charge >= 0.3 is 5.97 Å². The minimum absolute atomic E-state index is 0.0451. The summed E-state index contributed by atoms with van der Waals surface area (Å²) in [7, 11) is 0. The summed E-state index contributed by atoms with van der Waals surface area (Å²) < 4.78 is 7.14. The van der Waals surface area contributed by atoms with E-state index >= 15 is 0 Å². The molecule has 4 rings (SSSR count). The van der Waals surface area contributed by atoms with E-state index in [4.69, 9.17) is 4.42 Å². The van der Waals surface area contributed by atoms with Crippen molar-refractivity contribution in [1.82, 2.24) is 14.6 Å². The fraction of sp³-hybridized carbons (Fsp3) is 0.150. The quantitative estimate of drug-likeness (QED) is 0.598. The second-order valence-corrected chi connectivity index (χ2v) is 6.27. The lowest BCUT2D eigenvalue weighted by atomic mass is 9.96. The highest BCUT2D eigenvalue weighted by atomic mass is 16.4. The van der Waals surface area contributed by atoms with E-state index in [1.807, 2.05) is 39.0 Å². The number of aromatic carboxylic acids is 1. The van der Waals surface area contributed by atoms with Crippen LogP contribution in [0.2, 0.25) is 0 Å². The van der Waals surface area contributed by atoms with Crippen LogP contribution in [-0.4, -0.2) is 25.7 Å². The molecule has 6 nitrogen and oxygen atoms in total. The first-order chi connectivity index (χ1) is 12.5. The summed E-state index contributed by atoms with van der Waals surface area (Å²) >= 11 is 0. The normalized spacial score (nSPS) is 11.2. The molecule has 1 N–H and O–H groups in total. The largest absolute Gasteiger partial charge is 0.477 e. The first kappa shape index (κ1) is 16.1. The smallest absolute Gasteiger partial charge is 0.354 e. The number of aromatic nitrogens is 3. The van der Waals surface area contributed by atoms with Gasteiger partial charge in [-0.3, -0.25) is 0 Å². The Balaban J connectivity index is 2.14. The van der Waals surface area contributed by atoms with Crippen LogP contribution < -0.4 is 0 Å². The van der Waals surface area contributed by atoms with E-state index in [0.717, 1.165) is 27.9 Å². The zero-order chi connectivity index (χ0) is 18.4. The SMILES string of the molecule is Cc1cccc(C)c1-c1c(C)nn2c(-c3ccco3)cc(C(=O)O)nc12. The summed E-state index contributed by atoms with van der Waals surface area (Å²) in [6.45, 7) is 5.96. The van der Waals surface area contributed by atoms with Crippen molar-refractivity contribution >= 4 is 11.6 Å². The maximum absolute atomic E-state index is 11.6. The van der Waals surface area contributed by atoms with Gasteiger partial charge in [0.2, 0.25) is 0 Å². The predicted molar refractivity (Wildman–Crippen MR) is 97.3 cm³/mol. The Labute approximate surface area is 149 Å². The number of furan rings is 1. The zero-order valence-electron chi connectivity index (χ0n) is 14.6. The molecule has 4 aromatic rings. The summed E-state index contributed by atoms with van der Waals surface area (Å²) in [4.78, 5) is 16.0. The van der Waals surface area contributed by atoms with Crippen LogP contribution in [0.3, 0.4) is 0 Å². The third-order valence-electron chi connectivity index (χ3n) is 4.49. The Hall–Kier alpha value is -3.41. The van der Waals surface area contributed by atoms with Gasteiger partial charge in [-0.25, -0.2) is 14.3 Å². The molecular formula is C20H17N3O3. The number of rotatable bonds is 3. The number of benzene rings is 1. The van der Waals surface area contributed by atoms with Crippen LogP contribution in [0.1, 0.15) is 27.3 Å². The van der Waals surface area contributed by atoms with E-state index in [0.29, 0.717) is 17.1 Å². The van der Waals surface area contributed by atoms with Gasteiger partial charge in [0.25, 0.3) is 0 Å². The van der Waals surface area contributed by atoms with Crippen molar-refractivity contribution in [3.05, 3.63) is 65.2 Å². The highest BCUT2D eigenvalue weighted by Gasteiger charge is 2.22. The van der Waals surface area contributed by atoms with Crippen LogP contribution in [0.5, 0.6) is 0 Å². The van der Waals surface area contributed by atoms with Gasteiger partial charge in [-0.05, 0) is 49.6 Å². The molecule has 3 heterocycles. The predicted octanol–water partition coefficient (Wildman–Crippen LogP) is 4.28. The molecule has 0 aliphatic heterocycles. The first-order valence-corrected chi connectivity index (χ1v) is 8.21. The van der Waals surface area contributed by atoms with Crippen LogP contribution in [0.15, 0.2) is 47.1 Å². The number of carboxylic acids is 1. The van der Waals surface area contributed by atoms with Gasteiger partial charge in [0.15, 0.2) is 17.1 Å². The van der Waals surface area contributed by atoms with Crippen molar-refractivity contribution in [3.8, 4) is 22.6 Å². The summed E-state index contributed by atoms with van der Waals surface area (Å²) in [6, 6.07) is 11.1. The Morgan fingerprint density at radius 1 is 1.08 bits per heavy atom. The molecule has 0 amide bonds. The lowest BCUT2D eigenvalue weighted by molar-refractivity contribution is 0.0690. The number of hydrogen-bond donors (Lipinski definition) is 1. The van der Waals surface area contributed by atoms with E-state index in [2.05, 4.69) is 10.1 Å². The van der Waals surface area contributed by atoms with Crippen LogP contribution >= 0.6 is 0 Å². The van der Waals surface area contributed by atoms with Gasteiger partial charge in [-0.15, -0.1) is 0 Å². The van der Waals surface area contributed by atoms with Crippen molar-refractivity contribution < 1.29 is 14.3 Å². The second-order valence-electron chi connectivity index (χ2n) is 6.27. The average molecular weight is 347 g/mol. The van der Waals surface area contributed by atoms with E-state index in [9.17, 15) is 9.90 Å². The molecule has 130 valence electrons. The van der Waals surface area contributed by atoms with Gasteiger partial charge in [-0.2, -0.15) is 5.10 Å². The molecule has 0 bridgehead atoms. The third kappa shape index (κ3) is 2.38. The highest BCUT2D eigenvalue weighted by Crippen LogP contribution is 2.34. The first-order valence-electron chi connectivity index (χ1n) is 8.21. The van der Waals surface area contributed by atoms with E-state index in [-0.39, 0.29) is 5.69 Å². The van der Waals surface area contributed by atoms with Crippen LogP contribution in [0.4, 0.5) is 0 Å². The molecule has 1 aromatic carbocycles. The summed E-state index contributed by atoms with van der Waals surface area (Å²) in [6.07, 6.45) is 1.55. The molecule has 0 aliphatic rings. The highest BCUT2D eigenvalue weighted by molar-refractivity contribution is 5.90. The van der Waals surface area contributed by atoms with E-state index in [1.54, 1.807) is 22.9 Å². The molecule has 3 aromatic heterocycles. The van der Waals surface area contributed by atoms with Crippen molar-refractivity contribution in [3.63, 3.8) is 0 Å². The van der Waals surface area contributed by atoms with Crippen LogP contribution in [0.25, 0.3) is 28.2 Å². The molecule has 6 heteroatoms. The Bertz CT molecular complexity index is 1120. The Kier molecular flexibility index (Phi) is 3.61. The molecule has 0 saturated carbocycles. The minimum Gasteiger partial charge on any atom is -0.477 e. The molecule has 0 aliphatic carbocycles. The lowest BCUT2D eigenvalue weighted by Crippen LogP contribution is -2.05. The monoisotopic (exact) mass is 347 g/mol. The van der Waals surface area contributed by atoms with Crippen molar-refractivity contribution in [2.45, 2.75) is 20.8 Å². The van der Waals surface area contributed by atoms with Gasteiger partial charge in [-0.1, -0.05) is 18.2 Å². The fourth-order valence-electron chi connectivity index (χ4n) is 3.33. The zero-order valence-corrected chi connectivity index (χ0v) is 14.6. The lowest BCUT2D eigenvalue weighted by Gasteiger charge is -2.10. The minimum atomic E-state index is -1.09. The standard InChI is InChI=1S/C20H17N3O3/c1-11-6-4-7-12(2)17(11)18-13(3)22-23-15(16-8-5-9-26-16)10-14(20(24)25)21-19(18)23/h4-10H,1-3H3,(H,24,25). The number of aryl methyl sites for hydroxylation is 3. The maximum Gasteiger partial charge on any atom is 0.354 e. The second kappa shape index (κ2) is 5.84. The van der Waals surface area contributed by atoms with Gasteiger partial charge in [0.05, 0.1) is 17.5 Å². The summed E-state index contributed by atoms with van der Waals surface area (Å²) in [5.74, 6) is -0.554. The number of carbonyl (C=O) groups is 1. The summed E-state index contributed by atoms with van der Waals surface area (Å²) in [5.41, 5.74) is 5.85. The van der Waals surface area contributed by atoms with Gasteiger partial charge in [0, 0.05) is 6.07 Å². The number of nitrogens with zero attached hydrogens (tertiary/aromatic N) is 3. The van der Waals surface area contributed by atoms with Crippen LogP contribution in [0, 0.1) is 20.8 Å². The van der Waals surface area contributed by atoms with Crippen molar-refractivity contribution in [2.24, 2.45) is 0 Å². The van der Waals surface area contributed by atoms with Gasteiger partial charge in [0.1, 0.15) is 5.69 Å². The number of fused-ring (bicyclic) bond motifs is 1. The van der Waals surface area contributed by atoms with E-state index in [1.165, 1.54) is 6.07 Å². The molecule has 0 spiro atoms. The topological polar surface area (TPSA) is 80.6 Å². The Morgan fingerprint density at radius 3 is 2.42 bits per heavy atom. The number of carboxylic acid groups (broad SMARTS) is 1. The molecule has 26 heavy (non-hydrogen) atoms. The van der Waals surface area contributed by atoms with Crippen molar-refractivity contribution in [1.29, 1.82) is 0 Å². The fourth-order valence-corrected chi connectivity index (χ4v) is 3.33. The number of hydrogen-bond acceptors (Lipinski definition) is 4. The van der Waals surface area contributed by atoms with Crippen LogP contribution in [-0.2, 0) is 0 Å². The van der Waals surface area contributed by atoms with Gasteiger partial charge < -0.3 is 9.52 Å². The molecule has 0 saturated heterocycles. The molecule has 0 unspecified atom stereocenters. The molecule has 0 atom stereocenters. The van der Waals surface area contributed by atoms with Crippen molar-refractivity contribution in [2.75, 3.05) is 0 Å². The average Bonchev–Trinajstić information content (AvgIpc) is 3.22. The molecule has 0 fully saturated rings. The Morgan fingerprint density at radius 2 is 1.81 bits per heavy atom. The van der Waals surface area contributed by atoms with E-state index < -0.39 is 5.97 Å². The third-order valence-corrected chi connectivity index (χ3v) is 4.49. The summed E-state index contributed by atoms with van der Waals surface area (Å²) in [5, 5.41) is 14.2. The molecular weight excluding hydrogens is 330 g/mol.